The molecule has 1 aromatic rings. The molecule has 100 valence electrons. The van der Waals surface area contributed by atoms with Crippen LogP contribution in [0.25, 0.3) is 0 Å². The van der Waals surface area contributed by atoms with E-state index in [9.17, 15) is 9.90 Å². The zero-order chi connectivity index (χ0) is 13.4. The van der Waals surface area contributed by atoms with Crippen LogP contribution in [0.15, 0.2) is 30.3 Å². The Morgan fingerprint density at radius 3 is 2.39 bits per heavy atom. The van der Waals surface area contributed by atoms with Crippen molar-refractivity contribution in [2.24, 2.45) is 0 Å². The molecule has 0 fully saturated rings. The van der Waals surface area contributed by atoms with Crippen LogP contribution in [0.5, 0.6) is 0 Å². The third kappa shape index (κ3) is 3.33. The molecule has 18 heavy (non-hydrogen) atoms. The van der Waals surface area contributed by atoms with Crippen molar-refractivity contribution in [3.63, 3.8) is 0 Å². The van der Waals surface area contributed by atoms with Crippen molar-refractivity contribution >= 4 is 5.97 Å². The second kappa shape index (κ2) is 7.17. The van der Waals surface area contributed by atoms with Crippen LogP contribution < -0.4 is 0 Å². The standard InChI is InChI=1S/C15H22O3/c1-3-5-9-12-15(14(16)17,18-4-2)13-10-7-6-8-11-13/h6-8,10-11H,3-5,9,12H2,1-2H3,(H,16,17). The lowest BCUT2D eigenvalue weighted by Gasteiger charge is -2.29. The highest BCUT2D eigenvalue weighted by Gasteiger charge is 2.40. The molecule has 0 aliphatic rings. The summed E-state index contributed by atoms with van der Waals surface area (Å²) < 4.78 is 5.62. The SMILES string of the molecule is CCCCCC(OCC)(C(=O)O)c1ccccc1. The summed E-state index contributed by atoms with van der Waals surface area (Å²) in [6.07, 6.45) is 3.47. The van der Waals surface area contributed by atoms with E-state index in [0.717, 1.165) is 24.8 Å². The monoisotopic (exact) mass is 250 g/mol. The van der Waals surface area contributed by atoms with Crippen molar-refractivity contribution in [2.45, 2.75) is 45.1 Å². The van der Waals surface area contributed by atoms with Gasteiger partial charge in [0.15, 0.2) is 5.60 Å². The van der Waals surface area contributed by atoms with Crippen molar-refractivity contribution in [2.75, 3.05) is 6.61 Å². The number of rotatable bonds is 8. The lowest BCUT2D eigenvalue weighted by atomic mass is 9.88. The minimum Gasteiger partial charge on any atom is -0.479 e. The highest BCUT2D eigenvalue weighted by molar-refractivity contribution is 5.79. The minimum atomic E-state index is -1.19. The van der Waals surface area contributed by atoms with Gasteiger partial charge in [-0.1, -0.05) is 50.1 Å². The van der Waals surface area contributed by atoms with Crippen LogP contribution in [-0.2, 0) is 15.1 Å². The van der Waals surface area contributed by atoms with E-state index in [1.807, 2.05) is 37.3 Å². The number of carboxylic acids is 1. The van der Waals surface area contributed by atoms with Gasteiger partial charge in [0.25, 0.3) is 0 Å². The highest BCUT2D eigenvalue weighted by Crippen LogP contribution is 2.32. The zero-order valence-corrected chi connectivity index (χ0v) is 11.2. The van der Waals surface area contributed by atoms with Gasteiger partial charge in [0.05, 0.1) is 0 Å². The smallest absolute Gasteiger partial charge is 0.340 e. The normalized spacial score (nSPS) is 14.1. The second-order valence-corrected chi connectivity index (χ2v) is 4.39. The Hall–Kier alpha value is -1.35. The molecule has 0 aromatic heterocycles. The first kappa shape index (κ1) is 14.7. The Morgan fingerprint density at radius 1 is 1.22 bits per heavy atom. The molecule has 0 saturated heterocycles. The number of carbonyl (C=O) groups is 1. The molecule has 0 aliphatic carbocycles. The van der Waals surface area contributed by atoms with Crippen LogP contribution in [-0.4, -0.2) is 17.7 Å². The summed E-state index contributed by atoms with van der Waals surface area (Å²) in [6.45, 7) is 4.33. The van der Waals surface area contributed by atoms with Gasteiger partial charge in [-0.3, -0.25) is 0 Å². The van der Waals surface area contributed by atoms with E-state index >= 15 is 0 Å². The molecule has 1 atom stereocenters. The van der Waals surface area contributed by atoms with Crippen molar-refractivity contribution in [3.05, 3.63) is 35.9 Å². The predicted octanol–water partition coefficient (Wildman–Crippen LogP) is 3.58. The number of carboxylic acid groups (broad SMARTS) is 1. The molecule has 0 heterocycles. The lowest BCUT2D eigenvalue weighted by molar-refractivity contribution is -0.168. The van der Waals surface area contributed by atoms with Gasteiger partial charge in [0.1, 0.15) is 0 Å². The molecule has 0 spiro atoms. The third-order valence-corrected chi connectivity index (χ3v) is 3.11. The number of hydrogen-bond acceptors (Lipinski definition) is 2. The Balaban J connectivity index is 3.01. The van der Waals surface area contributed by atoms with Crippen molar-refractivity contribution in [1.29, 1.82) is 0 Å². The molecule has 1 aromatic carbocycles. The molecular formula is C15H22O3. The molecule has 0 radical (unpaired) electrons. The maximum absolute atomic E-state index is 11.7. The quantitative estimate of drug-likeness (QED) is 0.717. The number of ether oxygens (including phenoxy) is 1. The molecule has 3 nitrogen and oxygen atoms in total. The first-order valence-corrected chi connectivity index (χ1v) is 6.60. The number of benzene rings is 1. The molecular weight excluding hydrogens is 228 g/mol. The number of hydrogen-bond donors (Lipinski definition) is 1. The fourth-order valence-electron chi connectivity index (χ4n) is 2.17. The van der Waals surface area contributed by atoms with Gasteiger partial charge in [0, 0.05) is 6.61 Å². The van der Waals surface area contributed by atoms with Crippen molar-refractivity contribution in [3.8, 4) is 0 Å². The maximum Gasteiger partial charge on any atom is 0.340 e. The van der Waals surface area contributed by atoms with Gasteiger partial charge in [-0.05, 0) is 25.3 Å². The van der Waals surface area contributed by atoms with E-state index in [-0.39, 0.29) is 0 Å². The zero-order valence-electron chi connectivity index (χ0n) is 11.2. The average molecular weight is 250 g/mol. The van der Waals surface area contributed by atoms with E-state index in [1.54, 1.807) is 0 Å². The molecule has 0 aliphatic heterocycles. The topological polar surface area (TPSA) is 46.5 Å². The van der Waals surface area contributed by atoms with E-state index < -0.39 is 11.6 Å². The van der Waals surface area contributed by atoms with Crippen LogP contribution in [0, 0.1) is 0 Å². The van der Waals surface area contributed by atoms with Crippen molar-refractivity contribution in [1.82, 2.24) is 0 Å². The van der Waals surface area contributed by atoms with Crippen LogP contribution in [0.2, 0.25) is 0 Å². The third-order valence-electron chi connectivity index (χ3n) is 3.11. The first-order chi connectivity index (χ1) is 8.67. The van der Waals surface area contributed by atoms with E-state index in [4.69, 9.17) is 4.74 Å². The van der Waals surface area contributed by atoms with Crippen molar-refractivity contribution < 1.29 is 14.6 Å². The maximum atomic E-state index is 11.7. The molecule has 1 rings (SSSR count). The summed E-state index contributed by atoms with van der Waals surface area (Å²) >= 11 is 0. The summed E-state index contributed by atoms with van der Waals surface area (Å²) in [5.74, 6) is -0.897. The Kier molecular flexibility index (Phi) is 5.86. The van der Waals surface area contributed by atoms with E-state index in [2.05, 4.69) is 6.92 Å². The molecule has 0 amide bonds. The van der Waals surface area contributed by atoms with E-state index in [0.29, 0.717) is 13.0 Å². The molecule has 1 N–H and O–H groups in total. The fourth-order valence-corrected chi connectivity index (χ4v) is 2.17. The van der Waals surface area contributed by atoms with Crippen LogP contribution >= 0.6 is 0 Å². The van der Waals surface area contributed by atoms with Gasteiger partial charge in [-0.2, -0.15) is 0 Å². The molecule has 3 heteroatoms. The Morgan fingerprint density at radius 2 is 1.89 bits per heavy atom. The summed E-state index contributed by atoms with van der Waals surface area (Å²) in [7, 11) is 0. The summed E-state index contributed by atoms with van der Waals surface area (Å²) in [5.41, 5.74) is -0.457. The van der Waals surface area contributed by atoms with Gasteiger partial charge in [0.2, 0.25) is 0 Å². The summed E-state index contributed by atoms with van der Waals surface area (Å²) in [5, 5.41) is 9.58. The van der Waals surface area contributed by atoms with Crippen LogP contribution in [0.4, 0.5) is 0 Å². The van der Waals surface area contributed by atoms with Gasteiger partial charge in [-0.15, -0.1) is 0 Å². The molecule has 1 unspecified atom stereocenters. The average Bonchev–Trinajstić information content (AvgIpc) is 2.38. The highest BCUT2D eigenvalue weighted by atomic mass is 16.5. The summed E-state index contributed by atoms with van der Waals surface area (Å²) in [6, 6.07) is 9.25. The summed E-state index contributed by atoms with van der Waals surface area (Å²) in [4.78, 5) is 11.7. The Labute approximate surface area is 109 Å². The predicted molar refractivity (Wildman–Crippen MR) is 71.5 cm³/mol. The van der Waals surface area contributed by atoms with E-state index in [1.165, 1.54) is 0 Å². The molecule has 0 saturated carbocycles. The second-order valence-electron chi connectivity index (χ2n) is 4.39. The van der Waals surface area contributed by atoms with Crippen LogP contribution in [0.3, 0.4) is 0 Å². The van der Waals surface area contributed by atoms with Gasteiger partial charge < -0.3 is 9.84 Å². The molecule has 0 bridgehead atoms. The lowest BCUT2D eigenvalue weighted by Crippen LogP contribution is -2.39. The number of unbranched alkanes of at least 4 members (excludes halogenated alkanes) is 2. The fraction of sp³-hybridized carbons (Fsp3) is 0.533. The van der Waals surface area contributed by atoms with Gasteiger partial charge >= 0.3 is 5.97 Å². The number of aliphatic carboxylic acids is 1. The van der Waals surface area contributed by atoms with Crippen LogP contribution in [0.1, 0.15) is 45.1 Å². The largest absolute Gasteiger partial charge is 0.479 e. The first-order valence-electron chi connectivity index (χ1n) is 6.60. The Bertz CT molecular complexity index is 361. The minimum absolute atomic E-state index is 0.396. The van der Waals surface area contributed by atoms with Gasteiger partial charge in [-0.25, -0.2) is 4.79 Å².